The van der Waals surface area contributed by atoms with Crippen molar-refractivity contribution in [3.05, 3.63) is 94.8 Å². The van der Waals surface area contributed by atoms with Crippen molar-refractivity contribution in [2.45, 2.75) is 19.4 Å². The van der Waals surface area contributed by atoms with Crippen LogP contribution in [-0.4, -0.2) is 5.78 Å². The second-order valence-corrected chi connectivity index (χ2v) is 5.86. The van der Waals surface area contributed by atoms with Crippen LogP contribution in [0.15, 0.2) is 83.6 Å². The number of allylic oxidation sites excluding steroid dienone is 3. The summed E-state index contributed by atoms with van der Waals surface area (Å²) < 4.78 is 11.3. The number of carbonyl (C=O) groups is 1. The predicted molar refractivity (Wildman–Crippen MR) is 96.0 cm³/mol. The molecule has 130 valence electrons. The van der Waals surface area contributed by atoms with Gasteiger partial charge < -0.3 is 15.2 Å². The van der Waals surface area contributed by atoms with Gasteiger partial charge >= 0.3 is 0 Å². The maximum absolute atomic E-state index is 13.2. The van der Waals surface area contributed by atoms with E-state index in [0.29, 0.717) is 5.56 Å². The molecular weight excluding hydrogens is 328 g/mol. The summed E-state index contributed by atoms with van der Waals surface area (Å²) in [6.45, 7) is 1.82. The molecule has 26 heavy (non-hydrogen) atoms. The van der Waals surface area contributed by atoms with E-state index in [9.17, 15) is 10.1 Å². The first kappa shape index (κ1) is 17.3. The summed E-state index contributed by atoms with van der Waals surface area (Å²) in [5.74, 6) is -0.956. The molecule has 0 fully saturated rings. The first-order valence-electron chi connectivity index (χ1n) is 8.16. The molecule has 3 rings (SSSR count). The average Bonchev–Trinajstić information content (AvgIpc) is 2.75. The first-order valence-corrected chi connectivity index (χ1v) is 8.16. The van der Waals surface area contributed by atoms with Crippen LogP contribution >= 0.6 is 0 Å². The van der Waals surface area contributed by atoms with Crippen molar-refractivity contribution in [3.8, 4) is 6.07 Å². The second-order valence-electron chi connectivity index (χ2n) is 5.86. The molecular formula is C21H18N2O3. The smallest absolute Gasteiger partial charge is 0.213 e. The lowest BCUT2D eigenvalue weighted by Gasteiger charge is -2.16. The zero-order valence-electron chi connectivity index (χ0n) is 14.3. The third kappa shape index (κ3) is 3.45. The number of nitrogens with two attached hydrogens (primary N) is 1. The number of ketones is 1. The van der Waals surface area contributed by atoms with E-state index in [1.165, 1.54) is 0 Å². The minimum atomic E-state index is -0.857. The van der Waals surface area contributed by atoms with Gasteiger partial charge in [-0.05, 0) is 18.1 Å². The van der Waals surface area contributed by atoms with Crippen LogP contribution in [0.1, 0.15) is 24.0 Å². The average molecular weight is 346 g/mol. The Kier molecular flexibility index (Phi) is 5.04. The number of hydrogen-bond acceptors (Lipinski definition) is 5. The fourth-order valence-corrected chi connectivity index (χ4v) is 2.83. The van der Waals surface area contributed by atoms with Crippen molar-refractivity contribution >= 4 is 5.78 Å². The molecule has 2 aromatic rings. The predicted octanol–water partition coefficient (Wildman–Crippen LogP) is 3.51. The SMILES string of the molecule is CC1=C(OCc2ccccc2)C(=O)C(c2ccccc2)C(C#N)=C(N)O1. The van der Waals surface area contributed by atoms with Crippen LogP contribution in [0, 0.1) is 11.3 Å². The van der Waals surface area contributed by atoms with Gasteiger partial charge in [0.15, 0.2) is 0 Å². The molecule has 5 heteroatoms. The molecule has 5 nitrogen and oxygen atoms in total. The molecule has 0 saturated heterocycles. The highest BCUT2D eigenvalue weighted by Gasteiger charge is 2.35. The molecule has 0 radical (unpaired) electrons. The van der Waals surface area contributed by atoms with Crippen LogP contribution in [0.2, 0.25) is 0 Å². The summed E-state index contributed by atoms with van der Waals surface area (Å²) in [4.78, 5) is 13.2. The van der Waals surface area contributed by atoms with Crippen molar-refractivity contribution in [2.75, 3.05) is 0 Å². The highest BCUT2D eigenvalue weighted by molar-refractivity contribution is 6.02. The number of Topliss-reactive ketones (excluding diaryl/α,β-unsaturated/α-hetero) is 1. The lowest BCUT2D eigenvalue weighted by atomic mass is 9.87. The molecule has 1 unspecified atom stereocenters. The van der Waals surface area contributed by atoms with Gasteiger partial charge in [0.2, 0.25) is 17.4 Å². The lowest BCUT2D eigenvalue weighted by molar-refractivity contribution is -0.119. The van der Waals surface area contributed by atoms with Gasteiger partial charge in [0.05, 0.1) is 5.92 Å². The standard InChI is InChI=1S/C21H18N2O3/c1-14-20(25-13-15-8-4-2-5-9-15)19(24)18(16-10-6-3-7-11-16)17(12-22)21(23)26-14/h2-11,18H,13,23H2,1H3. The van der Waals surface area contributed by atoms with E-state index in [1.807, 2.05) is 42.5 Å². The summed E-state index contributed by atoms with van der Waals surface area (Å²) in [6.07, 6.45) is 0. The first-order chi connectivity index (χ1) is 12.6. The monoisotopic (exact) mass is 346 g/mol. The molecule has 1 heterocycles. The van der Waals surface area contributed by atoms with Gasteiger partial charge in [-0.1, -0.05) is 60.7 Å². The van der Waals surface area contributed by atoms with Crippen molar-refractivity contribution in [1.82, 2.24) is 0 Å². The number of ether oxygens (including phenoxy) is 2. The third-order valence-electron chi connectivity index (χ3n) is 4.10. The van der Waals surface area contributed by atoms with E-state index in [0.717, 1.165) is 5.56 Å². The van der Waals surface area contributed by atoms with E-state index in [2.05, 4.69) is 0 Å². The molecule has 0 spiro atoms. The molecule has 1 atom stereocenters. The number of hydrogen-bond donors (Lipinski definition) is 1. The van der Waals surface area contributed by atoms with Gasteiger partial charge in [-0.3, -0.25) is 4.79 Å². The van der Waals surface area contributed by atoms with Crippen LogP contribution in [0.4, 0.5) is 0 Å². The zero-order valence-corrected chi connectivity index (χ0v) is 14.3. The van der Waals surface area contributed by atoms with Gasteiger partial charge in [-0.25, -0.2) is 0 Å². The fraction of sp³-hybridized carbons (Fsp3) is 0.143. The van der Waals surface area contributed by atoms with Gasteiger partial charge in [-0.2, -0.15) is 5.26 Å². The summed E-state index contributed by atoms with van der Waals surface area (Å²) >= 11 is 0. The van der Waals surface area contributed by atoms with Gasteiger partial charge in [0.25, 0.3) is 0 Å². The summed E-state index contributed by atoms with van der Waals surface area (Å²) in [6, 6.07) is 20.5. The van der Waals surface area contributed by atoms with E-state index < -0.39 is 5.92 Å². The van der Waals surface area contributed by atoms with Crippen LogP contribution in [0.5, 0.6) is 0 Å². The van der Waals surface area contributed by atoms with Crippen LogP contribution in [-0.2, 0) is 20.9 Å². The fourth-order valence-electron chi connectivity index (χ4n) is 2.83. The molecule has 1 aliphatic heterocycles. The number of nitrogens with zero attached hydrogens (tertiary/aromatic N) is 1. The second kappa shape index (κ2) is 7.58. The topological polar surface area (TPSA) is 85.3 Å². The number of benzene rings is 2. The van der Waals surface area contributed by atoms with Crippen molar-refractivity contribution in [2.24, 2.45) is 5.73 Å². The number of nitriles is 1. The lowest BCUT2D eigenvalue weighted by Crippen LogP contribution is -2.19. The Balaban J connectivity index is 1.97. The van der Waals surface area contributed by atoms with E-state index in [4.69, 9.17) is 15.2 Å². The highest BCUT2D eigenvalue weighted by Crippen LogP contribution is 2.34. The molecule has 0 aromatic heterocycles. The van der Waals surface area contributed by atoms with Gasteiger partial charge in [0.1, 0.15) is 24.0 Å². The molecule has 0 saturated carbocycles. The number of rotatable bonds is 4. The Hall–Kier alpha value is -3.52. The number of carbonyl (C=O) groups excluding carboxylic acids is 1. The molecule has 1 aliphatic rings. The Bertz CT molecular complexity index is 909. The molecule has 0 amide bonds. The third-order valence-corrected chi connectivity index (χ3v) is 4.10. The van der Waals surface area contributed by atoms with Gasteiger partial charge in [0, 0.05) is 0 Å². The Morgan fingerprint density at radius 3 is 2.35 bits per heavy atom. The van der Waals surface area contributed by atoms with E-state index >= 15 is 0 Å². The zero-order chi connectivity index (χ0) is 18.5. The highest BCUT2D eigenvalue weighted by atomic mass is 16.5. The Morgan fingerprint density at radius 2 is 1.73 bits per heavy atom. The normalized spacial score (nSPS) is 17.4. The summed E-state index contributed by atoms with van der Waals surface area (Å²) in [5, 5.41) is 9.54. The Labute approximate surface area is 152 Å². The molecule has 2 aromatic carbocycles. The minimum absolute atomic E-state index is 0.0782. The van der Waals surface area contributed by atoms with Crippen LogP contribution in [0.3, 0.4) is 0 Å². The van der Waals surface area contributed by atoms with E-state index in [1.54, 1.807) is 31.2 Å². The molecule has 2 N–H and O–H groups in total. The van der Waals surface area contributed by atoms with Crippen molar-refractivity contribution < 1.29 is 14.3 Å². The van der Waals surface area contributed by atoms with Gasteiger partial charge in [-0.15, -0.1) is 0 Å². The van der Waals surface area contributed by atoms with E-state index in [-0.39, 0.29) is 35.4 Å². The quantitative estimate of drug-likeness (QED) is 0.915. The molecule has 0 bridgehead atoms. The molecule has 0 aliphatic carbocycles. The largest absolute Gasteiger partial charge is 0.482 e. The van der Waals surface area contributed by atoms with Crippen LogP contribution < -0.4 is 5.73 Å². The maximum Gasteiger partial charge on any atom is 0.213 e. The Morgan fingerprint density at radius 1 is 1.12 bits per heavy atom. The summed E-state index contributed by atoms with van der Waals surface area (Å²) in [7, 11) is 0. The minimum Gasteiger partial charge on any atom is -0.482 e. The maximum atomic E-state index is 13.2. The summed E-state index contributed by atoms with van der Waals surface area (Å²) in [5.41, 5.74) is 7.60. The van der Waals surface area contributed by atoms with Crippen molar-refractivity contribution in [1.29, 1.82) is 5.26 Å². The van der Waals surface area contributed by atoms with Crippen molar-refractivity contribution in [3.63, 3.8) is 0 Å². The van der Waals surface area contributed by atoms with Crippen LogP contribution in [0.25, 0.3) is 0 Å².